The first-order chi connectivity index (χ1) is 17.2. The van der Waals surface area contributed by atoms with Crippen LogP contribution >= 0.6 is 0 Å². The largest absolute Gasteiger partial charge is 0.513 e. The SMILES string of the molecule is CCC(C)C(NC(=O)O)C(=O)NCCOC(=O)Oc1ccc(C=Cc2cc(OC)cc(OC)c2)cc1. The molecule has 0 saturated heterocycles. The van der Waals surface area contributed by atoms with Gasteiger partial charge in [0.05, 0.1) is 20.8 Å². The second-order valence-corrected chi connectivity index (χ2v) is 7.85. The molecule has 2 amide bonds. The van der Waals surface area contributed by atoms with Crippen LogP contribution in [0, 0.1) is 5.92 Å². The Morgan fingerprint density at radius 3 is 2.11 bits per heavy atom. The first kappa shape index (κ1) is 28.0. The molecule has 0 heterocycles. The molecule has 0 fully saturated rings. The number of rotatable bonds is 12. The number of carboxylic acid groups (broad SMARTS) is 1. The average Bonchev–Trinajstić information content (AvgIpc) is 2.88. The highest BCUT2D eigenvalue weighted by Gasteiger charge is 2.25. The van der Waals surface area contributed by atoms with Crippen molar-refractivity contribution in [3.05, 3.63) is 53.6 Å². The number of nitrogens with one attached hydrogen (secondary N) is 2. The summed E-state index contributed by atoms with van der Waals surface area (Å²) in [5.74, 6) is 0.987. The molecular weight excluding hydrogens is 468 g/mol. The van der Waals surface area contributed by atoms with Crippen LogP contribution in [0.1, 0.15) is 31.4 Å². The van der Waals surface area contributed by atoms with Crippen molar-refractivity contribution in [3.8, 4) is 17.2 Å². The van der Waals surface area contributed by atoms with Crippen LogP contribution in [0.5, 0.6) is 17.2 Å². The van der Waals surface area contributed by atoms with E-state index in [4.69, 9.17) is 24.1 Å². The van der Waals surface area contributed by atoms with Crippen molar-refractivity contribution in [2.45, 2.75) is 26.3 Å². The number of carbonyl (C=O) groups is 3. The lowest BCUT2D eigenvalue weighted by Gasteiger charge is -2.21. The maximum absolute atomic E-state index is 12.2. The van der Waals surface area contributed by atoms with Crippen LogP contribution in [0.2, 0.25) is 0 Å². The fraction of sp³-hybridized carbons (Fsp3) is 0.346. The second kappa shape index (κ2) is 14.2. The van der Waals surface area contributed by atoms with E-state index >= 15 is 0 Å². The summed E-state index contributed by atoms with van der Waals surface area (Å²) in [6.07, 6.45) is 2.22. The van der Waals surface area contributed by atoms with Gasteiger partial charge in [-0.3, -0.25) is 4.79 Å². The molecule has 10 nitrogen and oxygen atoms in total. The minimum Gasteiger partial charge on any atom is -0.497 e. The topological polar surface area (TPSA) is 132 Å². The third-order valence-corrected chi connectivity index (χ3v) is 5.32. The summed E-state index contributed by atoms with van der Waals surface area (Å²) in [6, 6.07) is 11.5. The Hall–Kier alpha value is -4.21. The third kappa shape index (κ3) is 9.21. The molecule has 0 aromatic heterocycles. The van der Waals surface area contributed by atoms with Gasteiger partial charge in [0, 0.05) is 6.07 Å². The molecule has 0 aliphatic carbocycles. The average molecular weight is 501 g/mol. The van der Waals surface area contributed by atoms with Crippen LogP contribution < -0.4 is 24.8 Å². The number of ether oxygens (including phenoxy) is 4. The fourth-order valence-electron chi connectivity index (χ4n) is 3.14. The van der Waals surface area contributed by atoms with Crippen molar-refractivity contribution in [1.82, 2.24) is 10.6 Å². The van der Waals surface area contributed by atoms with Crippen molar-refractivity contribution < 1.29 is 38.4 Å². The molecule has 3 N–H and O–H groups in total. The highest BCUT2D eigenvalue weighted by atomic mass is 16.7. The van der Waals surface area contributed by atoms with Crippen LogP contribution in [0.25, 0.3) is 12.2 Å². The standard InChI is InChI=1S/C26H32N2O8/c1-5-17(2)23(28-25(30)31)24(29)27-12-13-35-26(32)36-20-10-8-18(9-11-20)6-7-19-14-21(33-3)16-22(15-19)34-4/h6-11,14-17,23,28H,5,12-13H2,1-4H3,(H,27,29)(H,30,31). The molecule has 0 saturated carbocycles. The van der Waals surface area contributed by atoms with E-state index in [-0.39, 0.29) is 19.1 Å². The normalized spacial score (nSPS) is 12.3. The molecule has 2 rings (SSSR count). The van der Waals surface area contributed by atoms with Gasteiger partial charge in [-0.2, -0.15) is 0 Å². The van der Waals surface area contributed by atoms with Gasteiger partial charge in [0.1, 0.15) is 29.9 Å². The zero-order valence-corrected chi connectivity index (χ0v) is 20.8. The third-order valence-electron chi connectivity index (χ3n) is 5.32. The van der Waals surface area contributed by atoms with Gasteiger partial charge in [0.2, 0.25) is 5.91 Å². The molecule has 0 aliphatic heterocycles. The zero-order valence-electron chi connectivity index (χ0n) is 20.8. The van der Waals surface area contributed by atoms with Crippen molar-refractivity contribution in [1.29, 1.82) is 0 Å². The molecule has 0 spiro atoms. The lowest BCUT2D eigenvalue weighted by Crippen LogP contribution is -2.50. The van der Waals surface area contributed by atoms with E-state index in [1.54, 1.807) is 51.5 Å². The molecule has 36 heavy (non-hydrogen) atoms. The predicted octanol–water partition coefficient (Wildman–Crippen LogP) is 4.19. The van der Waals surface area contributed by atoms with Crippen LogP contribution in [0.15, 0.2) is 42.5 Å². The van der Waals surface area contributed by atoms with E-state index < -0.39 is 24.2 Å². The quantitative estimate of drug-likeness (QED) is 0.171. The summed E-state index contributed by atoms with van der Waals surface area (Å²) in [5.41, 5.74) is 1.78. The molecule has 2 unspecified atom stereocenters. The lowest BCUT2D eigenvalue weighted by atomic mass is 9.98. The number of carbonyl (C=O) groups excluding carboxylic acids is 2. The Bertz CT molecular complexity index is 1030. The second-order valence-electron chi connectivity index (χ2n) is 7.85. The number of methoxy groups -OCH3 is 2. The van der Waals surface area contributed by atoms with Gasteiger partial charge in [-0.05, 0) is 41.3 Å². The van der Waals surface area contributed by atoms with Crippen molar-refractivity contribution in [3.63, 3.8) is 0 Å². The maximum atomic E-state index is 12.2. The highest BCUT2D eigenvalue weighted by Crippen LogP contribution is 2.24. The molecule has 0 aliphatic rings. The van der Waals surface area contributed by atoms with Gasteiger partial charge in [-0.1, -0.05) is 44.6 Å². The minimum absolute atomic E-state index is 0.0148. The molecule has 0 radical (unpaired) electrons. The molecule has 2 atom stereocenters. The Morgan fingerprint density at radius 1 is 0.944 bits per heavy atom. The molecule has 0 bridgehead atoms. The van der Waals surface area contributed by atoms with E-state index in [2.05, 4.69) is 10.6 Å². The number of hydrogen-bond donors (Lipinski definition) is 3. The smallest absolute Gasteiger partial charge is 0.497 e. The molecule has 2 aromatic carbocycles. The molecule has 2 aromatic rings. The first-order valence-electron chi connectivity index (χ1n) is 11.4. The van der Waals surface area contributed by atoms with E-state index in [1.165, 1.54) is 0 Å². The summed E-state index contributed by atoms with van der Waals surface area (Å²) in [6.45, 7) is 3.51. The predicted molar refractivity (Wildman–Crippen MR) is 134 cm³/mol. The number of benzene rings is 2. The van der Waals surface area contributed by atoms with Gasteiger partial charge in [-0.15, -0.1) is 0 Å². The van der Waals surface area contributed by atoms with Gasteiger partial charge in [-0.25, -0.2) is 9.59 Å². The summed E-state index contributed by atoms with van der Waals surface area (Å²) in [4.78, 5) is 35.1. The summed E-state index contributed by atoms with van der Waals surface area (Å²) < 4.78 is 20.6. The number of hydrogen-bond acceptors (Lipinski definition) is 7. The van der Waals surface area contributed by atoms with Crippen molar-refractivity contribution in [2.75, 3.05) is 27.4 Å². The van der Waals surface area contributed by atoms with Crippen molar-refractivity contribution >= 4 is 30.3 Å². The summed E-state index contributed by atoms with van der Waals surface area (Å²) in [7, 11) is 3.18. The maximum Gasteiger partial charge on any atom is 0.513 e. The molecule has 10 heteroatoms. The Morgan fingerprint density at radius 2 is 1.56 bits per heavy atom. The van der Waals surface area contributed by atoms with E-state index in [9.17, 15) is 14.4 Å². The highest BCUT2D eigenvalue weighted by molar-refractivity contribution is 5.85. The summed E-state index contributed by atoms with van der Waals surface area (Å²) >= 11 is 0. The first-order valence-corrected chi connectivity index (χ1v) is 11.4. The Kier molecular flexibility index (Phi) is 11.1. The number of amides is 2. The summed E-state index contributed by atoms with van der Waals surface area (Å²) in [5, 5.41) is 13.7. The van der Waals surface area contributed by atoms with E-state index in [1.807, 2.05) is 31.2 Å². The van der Waals surface area contributed by atoms with Crippen LogP contribution in [-0.4, -0.2) is 56.7 Å². The Balaban J connectivity index is 1.81. The van der Waals surface area contributed by atoms with Crippen LogP contribution in [0.4, 0.5) is 9.59 Å². The monoisotopic (exact) mass is 500 g/mol. The van der Waals surface area contributed by atoms with Crippen LogP contribution in [0.3, 0.4) is 0 Å². The fourth-order valence-corrected chi connectivity index (χ4v) is 3.14. The lowest BCUT2D eigenvalue weighted by molar-refractivity contribution is -0.124. The van der Waals surface area contributed by atoms with E-state index in [0.29, 0.717) is 23.7 Å². The van der Waals surface area contributed by atoms with Gasteiger partial charge in [0.25, 0.3) is 0 Å². The van der Waals surface area contributed by atoms with Crippen molar-refractivity contribution in [2.24, 2.45) is 5.92 Å². The molecular formula is C26H32N2O8. The van der Waals surface area contributed by atoms with E-state index in [0.717, 1.165) is 11.1 Å². The Labute approximate surface area is 210 Å². The molecule has 194 valence electrons. The van der Waals surface area contributed by atoms with Gasteiger partial charge >= 0.3 is 12.2 Å². The van der Waals surface area contributed by atoms with Crippen LogP contribution in [-0.2, 0) is 9.53 Å². The van der Waals surface area contributed by atoms with Gasteiger partial charge in [0.15, 0.2) is 0 Å². The van der Waals surface area contributed by atoms with Gasteiger partial charge < -0.3 is 34.7 Å². The minimum atomic E-state index is -1.28. The zero-order chi connectivity index (χ0) is 26.5.